The van der Waals surface area contributed by atoms with E-state index in [1.165, 1.54) is 31.7 Å². The molecule has 0 unspecified atom stereocenters. The van der Waals surface area contributed by atoms with E-state index in [0.29, 0.717) is 38.5 Å². The first-order chi connectivity index (χ1) is 12.0. The van der Waals surface area contributed by atoms with Crippen LogP contribution in [0, 0.1) is 5.92 Å². The molecule has 1 saturated heterocycles. The van der Waals surface area contributed by atoms with E-state index < -0.39 is 5.97 Å². The van der Waals surface area contributed by atoms with Gasteiger partial charge in [0.2, 0.25) is 5.91 Å². The molecule has 1 N–H and O–H groups in total. The Kier molecular flexibility index (Phi) is 5.40. The highest BCUT2D eigenvalue weighted by Crippen LogP contribution is 2.28. The number of hydrogen-bond donors (Lipinski definition) is 1. The largest absolute Gasteiger partial charge is 0.478 e. The van der Waals surface area contributed by atoms with Gasteiger partial charge in [0.1, 0.15) is 6.26 Å². The molecule has 1 aliphatic heterocycles. The molecule has 7 heteroatoms. The lowest BCUT2D eigenvalue weighted by Crippen LogP contribution is -2.50. The van der Waals surface area contributed by atoms with Crippen LogP contribution in [0.5, 0.6) is 0 Å². The molecule has 136 valence electrons. The maximum absolute atomic E-state index is 12.3. The second kappa shape index (κ2) is 7.72. The monoisotopic (exact) mass is 348 g/mol. The maximum Gasteiger partial charge on any atom is 0.338 e. The van der Waals surface area contributed by atoms with Gasteiger partial charge < -0.3 is 19.3 Å². The van der Waals surface area contributed by atoms with Gasteiger partial charge in [-0.25, -0.2) is 4.79 Å². The van der Waals surface area contributed by atoms with Crippen LogP contribution in [0.2, 0.25) is 0 Å². The van der Waals surface area contributed by atoms with Crippen LogP contribution < -0.4 is 0 Å². The topological polar surface area (TPSA) is 91.1 Å². The summed E-state index contributed by atoms with van der Waals surface area (Å²) in [6, 6.07) is 1.24. The van der Waals surface area contributed by atoms with Crippen molar-refractivity contribution >= 4 is 17.8 Å². The molecule has 3 rings (SSSR count). The highest BCUT2D eigenvalue weighted by molar-refractivity contribution is 5.95. The Bertz CT molecular complexity index is 640. The van der Waals surface area contributed by atoms with Crippen LogP contribution in [0.1, 0.15) is 59.4 Å². The molecule has 25 heavy (non-hydrogen) atoms. The molecule has 2 heterocycles. The minimum absolute atomic E-state index is 0.0263. The molecule has 0 aromatic carbocycles. The van der Waals surface area contributed by atoms with Crippen LogP contribution in [0.15, 0.2) is 16.7 Å². The van der Waals surface area contributed by atoms with Crippen molar-refractivity contribution in [2.75, 3.05) is 26.2 Å². The first-order valence-corrected chi connectivity index (χ1v) is 8.93. The van der Waals surface area contributed by atoms with Gasteiger partial charge in [-0.2, -0.15) is 0 Å². The summed E-state index contributed by atoms with van der Waals surface area (Å²) in [5.41, 5.74) is -0.0379. The number of furan rings is 1. The van der Waals surface area contributed by atoms with Crippen LogP contribution >= 0.6 is 0 Å². The lowest BCUT2D eigenvalue weighted by molar-refractivity contribution is -0.133. The third-order valence-electron chi connectivity index (χ3n) is 5.22. The standard InChI is InChI=1S/C18H24N2O5/c21-16(6-5-13-3-1-2-4-13)19-7-9-20(10-8-19)17(22)15-11-14(12-25-15)18(23)24/h11-13H,1-10H2,(H,23,24). The predicted molar refractivity (Wildman–Crippen MR) is 89.3 cm³/mol. The molecular weight excluding hydrogens is 324 g/mol. The number of carboxylic acid groups (broad SMARTS) is 1. The van der Waals surface area contributed by atoms with Gasteiger partial charge in [-0.3, -0.25) is 9.59 Å². The van der Waals surface area contributed by atoms with Gasteiger partial charge in [0, 0.05) is 38.7 Å². The SMILES string of the molecule is O=C(O)c1coc(C(=O)N2CCN(C(=O)CCC3CCCC3)CC2)c1. The maximum atomic E-state index is 12.3. The molecule has 2 fully saturated rings. The number of carboxylic acids is 1. The Morgan fingerprint density at radius 1 is 1.08 bits per heavy atom. The van der Waals surface area contributed by atoms with Crippen molar-refractivity contribution < 1.29 is 23.9 Å². The smallest absolute Gasteiger partial charge is 0.338 e. The lowest BCUT2D eigenvalue weighted by Gasteiger charge is -2.34. The molecule has 1 aromatic rings. The lowest BCUT2D eigenvalue weighted by atomic mass is 10.0. The number of aromatic carboxylic acids is 1. The molecule has 0 atom stereocenters. The molecular formula is C18H24N2O5. The van der Waals surface area contributed by atoms with E-state index in [0.717, 1.165) is 12.7 Å². The second-order valence-electron chi connectivity index (χ2n) is 6.87. The number of rotatable bonds is 5. The van der Waals surface area contributed by atoms with E-state index in [-0.39, 0.29) is 23.1 Å². The zero-order valence-electron chi connectivity index (χ0n) is 14.3. The Morgan fingerprint density at radius 3 is 2.32 bits per heavy atom. The molecule has 1 aliphatic carbocycles. The molecule has 1 saturated carbocycles. The number of hydrogen-bond acceptors (Lipinski definition) is 4. The first kappa shape index (κ1) is 17.5. The Morgan fingerprint density at radius 2 is 1.72 bits per heavy atom. The average Bonchev–Trinajstić information content (AvgIpc) is 3.30. The number of nitrogens with zero attached hydrogens (tertiary/aromatic N) is 2. The van der Waals surface area contributed by atoms with Crippen molar-refractivity contribution in [2.24, 2.45) is 5.92 Å². The van der Waals surface area contributed by atoms with Crippen molar-refractivity contribution in [2.45, 2.75) is 38.5 Å². The Labute approximate surface area is 146 Å². The van der Waals surface area contributed by atoms with Crippen molar-refractivity contribution in [3.8, 4) is 0 Å². The van der Waals surface area contributed by atoms with Crippen molar-refractivity contribution in [1.29, 1.82) is 0 Å². The van der Waals surface area contributed by atoms with Gasteiger partial charge in [-0.1, -0.05) is 25.7 Å². The summed E-state index contributed by atoms with van der Waals surface area (Å²) in [6.45, 7) is 1.91. The van der Waals surface area contributed by atoms with Gasteiger partial charge in [-0.05, 0) is 12.3 Å². The fraction of sp³-hybridized carbons (Fsp3) is 0.611. The van der Waals surface area contributed by atoms with E-state index in [9.17, 15) is 14.4 Å². The Hall–Kier alpha value is -2.31. The van der Waals surface area contributed by atoms with Crippen molar-refractivity contribution in [1.82, 2.24) is 9.80 Å². The van der Waals surface area contributed by atoms with Crippen molar-refractivity contribution in [3.05, 3.63) is 23.7 Å². The average molecular weight is 348 g/mol. The van der Waals surface area contributed by atoms with Gasteiger partial charge in [-0.15, -0.1) is 0 Å². The van der Waals surface area contributed by atoms with Crippen LogP contribution in [0.3, 0.4) is 0 Å². The molecule has 2 amide bonds. The summed E-state index contributed by atoms with van der Waals surface area (Å²) in [5, 5.41) is 8.89. The Balaban J connectivity index is 1.46. The van der Waals surface area contributed by atoms with Crippen LogP contribution in [0.4, 0.5) is 0 Å². The van der Waals surface area contributed by atoms with Crippen molar-refractivity contribution in [3.63, 3.8) is 0 Å². The summed E-state index contributed by atoms with van der Waals surface area (Å²) in [4.78, 5) is 39.0. The highest BCUT2D eigenvalue weighted by atomic mass is 16.4. The molecule has 0 bridgehead atoms. The molecule has 0 radical (unpaired) electrons. The minimum atomic E-state index is -1.12. The van der Waals surface area contributed by atoms with Crippen LogP contribution in [0.25, 0.3) is 0 Å². The zero-order valence-corrected chi connectivity index (χ0v) is 14.3. The minimum Gasteiger partial charge on any atom is -0.478 e. The summed E-state index contributed by atoms with van der Waals surface area (Å²) >= 11 is 0. The zero-order chi connectivity index (χ0) is 17.8. The fourth-order valence-electron chi connectivity index (χ4n) is 3.66. The van der Waals surface area contributed by atoms with Gasteiger partial charge in [0.15, 0.2) is 5.76 Å². The van der Waals surface area contributed by atoms with E-state index in [4.69, 9.17) is 9.52 Å². The summed E-state index contributed by atoms with van der Waals surface area (Å²) in [7, 11) is 0. The van der Waals surface area contributed by atoms with E-state index in [1.807, 2.05) is 4.90 Å². The third kappa shape index (κ3) is 4.21. The number of carbonyl (C=O) groups is 3. The van der Waals surface area contributed by atoms with Crippen LogP contribution in [-0.4, -0.2) is 58.9 Å². The van der Waals surface area contributed by atoms with Gasteiger partial charge >= 0.3 is 5.97 Å². The number of piperazine rings is 1. The molecule has 1 aromatic heterocycles. The van der Waals surface area contributed by atoms with E-state index in [2.05, 4.69) is 0 Å². The van der Waals surface area contributed by atoms with Crippen LogP contribution in [-0.2, 0) is 4.79 Å². The molecule has 7 nitrogen and oxygen atoms in total. The van der Waals surface area contributed by atoms with E-state index >= 15 is 0 Å². The molecule has 2 aliphatic rings. The fourth-order valence-corrected chi connectivity index (χ4v) is 3.66. The summed E-state index contributed by atoms with van der Waals surface area (Å²) < 4.78 is 5.06. The van der Waals surface area contributed by atoms with Gasteiger partial charge in [0.25, 0.3) is 5.91 Å². The second-order valence-corrected chi connectivity index (χ2v) is 6.87. The predicted octanol–water partition coefficient (Wildman–Crippen LogP) is 2.23. The third-order valence-corrected chi connectivity index (χ3v) is 5.22. The van der Waals surface area contributed by atoms with E-state index in [1.54, 1.807) is 4.90 Å². The number of amides is 2. The summed E-state index contributed by atoms with van der Waals surface area (Å²) in [5.74, 6) is -0.552. The quantitative estimate of drug-likeness (QED) is 0.881. The first-order valence-electron chi connectivity index (χ1n) is 8.93. The van der Waals surface area contributed by atoms with Gasteiger partial charge in [0.05, 0.1) is 5.56 Å². The molecule has 0 spiro atoms. The normalized spacial score (nSPS) is 18.6. The summed E-state index contributed by atoms with van der Waals surface area (Å²) in [6.07, 6.45) is 7.71. The highest BCUT2D eigenvalue weighted by Gasteiger charge is 2.27. The number of carbonyl (C=O) groups excluding carboxylic acids is 2.